The summed E-state index contributed by atoms with van der Waals surface area (Å²) in [6.07, 6.45) is -0.00545. The van der Waals surface area contributed by atoms with Gasteiger partial charge in [0.05, 0.1) is 6.10 Å². The van der Waals surface area contributed by atoms with Crippen LogP contribution in [0.1, 0.15) is 23.7 Å². The summed E-state index contributed by atoms with van der Waals surface area (Å²) in [4.78, 5) is 13.3. The maximum absolute atomic E-state index is 13.5. The number of carbonyl (C=O) groups excluding carboxylic acids is 1. The molecule has 1 heterocycles. The number of benzene rings is 1. The number of hydrogen-bond donors (Lipinski definition) is 1. The molecule has 1 fully saturated rings. The Bertz CT molecular complexity index is 482. The van der Waals surface area contributed by atoms with Crippen LogP contribution in [0.4, 0.5) is 13.2 Å². The fourth-order valence-electron chi connectivity index (χ4n) is 2.27. The van der Waals surface area contributed by atoms with Crippen molar-refractivity contribution in [1.29, 1.82) is 0 Å². The monoisotopic (exact) mass is 273 g/mol. The average Bonchev–Trinajstić information content (AvgIpc) is 2.76. The number of hydrogen-bond acceptors (Lipinski definition) is 2. The Morgan fingerprint density at radius 2 is 1.95 bits per heavy atom. The Kier molecular flexibility index (Phi) is 3.80. The molecule has 2 unspecified atom stereocenters. The van der Waals surface area contributed by atoms with Gasteiger partial charge in [0.2, 0.25) is 0 Å². The quantitative estimate of drug-likeness (QED) is 0.894. The van der Waals surface area contributed by atoms with Gasteiger partial charge >= 0.3 is 0 Å². The lowest BCUT2D eigenvalue weighted by Crippen LogP contribution is -2.31. The first-order chi connectivity index (χ1) is 8.90. The summed E-state index contributed by atoms with van der Waals surface area (Å²) in [5.74, 6) is -4.38. The summed E-state index contributed by atoms with van der Waals surface area (Å²) in [7, 11) is 0. The van der Waals surface area contributed by atoms with Crippen molar-refractivity contribution in [2.75, 3.05) is 13.1 Å². The molecule has 6 heteroatoms. The summed E-state index contributed by atoms with van der Waals surface area (Å²) < 4.78 is 39.8. The van der Waals surface area contributed by atoms with Gasteiger partial charge in [-0.15, -0.1) is 0 Å². The Morgan fingerprint density at radius 1 is 1.37 bits per heavy atom. The molecular weight excluding hydrogens is 259 g/mol. The van der Waals surface area contributed by atoms with Crippen LogP contribution in [-0.4, -0.2) is 35.1 Å². The third kappa shape index (κ3) is 2.73. The van der Waals surface area contributed by atoms with E-state index in [2.05, 4.69) is 0 Å². The van der Waals surface area contributed by atoms with E-state index < -0.39 is 35.0 Å². The molecule has 1 aliphatic heterocycles. The zero-order chi connectivity index (χ0) is 14.2. The van der Waals surface area contributed by atoms with Crippen molar-refractivity contribution in [3.63, 3.8) is 0 Å². The first kappa shape index (κ1) is 13.9. The molecule has 0 saturated carbocycles. The van der Waals surface area contributed by atoms with E-state index >= 15 is 0 Å². The summed E-state index contributed by atoms with van der Waals surface area (Å²) in [5.41, 5.74) is -0.743. The normalized spacial score (nSPS) is 20.7. The molecule has 0 spiro atoms. The van der Waals surface area contributed by atoms with E-state index in [1.165, 1.54) is 4.90 Å². The fourth-order valence-corrected chi connectivity index (χ4v) is 2.27. The zero-order valence-electron chi connectivity index (χ0n) is 10.4. The van der Waals surface area contributed by atoms with Crippen molar-refractivity contribution in [3.05, 3.63) is 35.1 Å². The maximum Gasteiger partial charge on any atom is 0.259 e. The lowest BCUT2D eigenvalue weighted by Gasteiger charge is -2.18. The van der Waals surface area contributed by atoms with E-state index in [1.54, 1.807) is 6.92 Å². The number of nitrogens with zero attached hydrogens (tertiary/aromatic N) is 1. The molecule has 1 aromatic rings. The van der Waals surface area contributed by atoms with Gasteiger partial charge in [0, 0.05) is 31.1 Å². The van der Waals surface area contributed by atoms with Crippen LogP contribution in [0.25, 0.3) is 0 Å². The predicted octanol–water partition coefficient (Wildman–Crippen LogP) is 1.95. The van der Waals surface area contributed by atoms with E-state index in [0.717, 1.165) is 0 Å². The van der Waals surface area contributed by atoms with Gasteiger partial charge in [-0.2, -0.15) is 0 Å². The van der Waals surface area contributed by atoms with Crippen LogP contribution in [-0.2, 0) is 0 Å². The van der Waals surface area contributed by atoms with Crippen molar-refractivity contribution in [2.45, 2.75) is 19.4 Å². The zero-order valence-corrected chi connectivity index (χ0v) is 10.4. The second-order valence-electron chi connectivity index (χ2n) is 4.78. The van der Waals surface area contributed by atoms with Gasteiger partial charge in [-0.3, -0.25) is 4.79 Å². The van der Waals surface area contributed by atoms with Crippen LogP contribution in [0, 0.1) is 23.4 Å². The number of likely N-dealkylation sites (tertiary alicyclic amines) is 1. The first-order valence-corrected chi connectivity index (χ1v) is 6.02. The number of aliphatic hydroxyl groups is 1. The summed E-state index contributed by atoms with van der Waals surface area (Å²) >= 11 is 0. The van der Waals surface area contributed by atoms with Gasteiger partial charge in [-0.05, 0) is 13.3 Å². The summed E-state index contributed by atoms with van der Waals surface area (Å²) in [6, 6.07) is 0.969. The fraction of sp³-hybridized carbons (Fsp3) is 0.462. The van der Waals surface area contributed by atoms with Crippen LogP contribution in [0.2, 0.25) is 0 Å². The topological polar surface area (TPSA) is 40.5 Å². The van der Waals surface area contributed by atoms with Gasteiger partial charge in [-0.1, -0.05) is 0 Å². The van der Waals surface area contributed by atoms with Crippen molar-refractivity contribution in [1.82, 2.24) is 4.90 Å². The summed E-state index contributed by atoms with van der Waals surface area (Å²) in [6.45, 7) is 2.18. The van der Waals surface area contributed by atoms with E-state index in [1.807, 2.05) is 0 Å². The highest BCUT2D eigenvalue weighted by Crippen LogP contribution is 2.24. The molecule has 0 aliphatic carbocycles. The number of carbonyl (C=O) groups is 1. The van der Waals surface area contributed by atoms with Crippen LogP contribution < -0.4 is 0 Å². The average molecular weight is 273 g/mol. The van der Waals surface area contributed by atoms with Gasteiger partial charge in [0.25, 0.3) is 5.91 Å². The molecule has 0 aromatic heterocycles. The molecule has 104 valence electrons. The molecule has 2 rings (SSSR count). The molecule has 1 amide bonds. The van der Waals surface area contributed by atoms with Gasteiger partial charge in [0.1, 0.15) is 23.0 Å². The Morgan fingerprint density at radius 3 is 2.42 bits per heavy atom. The minimum absolute atomic E-state index is 0.101. The molecule has 1 aromatic carbocycles. The highest BCUT2D eigenvalue weighted by molar-refractivity contribution is 5.95. The van der Waals surface area contributed by atoms with Crippen LogP contribution in [0.15, 0.2) is 12.1 Å². The largest absolute Gasteiger partial charge is 0.393 e. The maximum atomic E-state index is 13.5. The minimum Gasteiger partial charge on any atom is -0.393 e. The third-order valence-corrected chi connectivity index (χ3v) is 3.41. The van der Waals surface area contributed by atoms with E-state index in [9.17, 15) is 23.1 Å². The Labute approximate surface area is 108 Å². The molecule has 2 atom stereocenters. The standard InChI is InChI=1S/C13H14F3NO2/c1-7(18)8-2-3-17(6-8)13(19)12-10(15)4-9(14)5-11(12)16/h4-5,7-8,18H,2-3,6H2,1H3. The van der Waals surface area contributed by atoms with E-state index in [0.29, 0.717) is 25.1 Å². The molecular formula is C13H14F3NO2. The van der Waals surface area contributed by atoms with Crippen molar-refractivity contribution >= 4 is 5.91 Å². The molecule has 0 radical (unpaired) electrons. The van der Waals surface area contributed by atoms with Crippen LogP contribution in [0.5, 0.6) is 0 Å². The molecule has 0 bridgehead atoms. The van der Waals surface area contributed by atoms with Crippen molar-refractivity contribution < 1.29 is 23.1 Å². The smallest absolute Gasteiger partial charge is 0.259 e. The van der Waals surface area contributed by atoms with Crippen molar-refractivity contribution in [3.8, 4) is 0 Å². The highest BCUT2D eigenvalue weighted by Gasteiger charge is 2.32. The predicted molar refractivity (Wildman–Crippen MR) is 62.0 cm³/mol. The van der Waals surface area contributed by atoms with Gasteiger partial charge in [0.15, 0.2) is 0 Å². The Balaban J connectivity index is 2.22. The van der Waals surface area contributed by atoms with E-state index in [4.69, 9.17) is 0 Å². The first-order valence-electron chi connectivity index (χ1n) is 6.02. The SMILES string of the molecule is CC(O)C1CCN(C(=O)c2c(F)cc(F)cc2F)C1. The van der Waals surface area contributed by atoms with Gasteiger partial charge < -0.3 is 10.0 Å². The number of halogens is 3. The molecule has 1 saturated heterocycles. The number of amides is 1. The minimum atomic E-state index is -1.21. The highest BCUT2D eigenvalue weighted by atomic mass is 19.1. The lowest BCUT2D eigenvalue weighted by atomic mass is 10.0. The van der Waals surface area contributed by atoms with Crippen molar-refractivity contribution in [2.24, 2.45) is 5.92 Å². The molecule has 19 heavy (non-hydrogen) atoms. The van der Waals surface area contributed by atoms with Crippen LogP contribution >= 0.6 is 0 Å². The molecule has 1 N–H and O–H groups in total. The number of rotatable bonds is 2. The van der Waals surface area contributed by atoms with Crippen LogP contribution in [0.3, 0.4) is 0 Å². The number of aliphatic hydroxyl groups excluding tert-OH is 1. The molecule has 3 nitrogen and oxygen atoms in total. The summed E-state index contributed by atoms with van der Waals surface area (Å²) in [5, 5.41) is 9.43. The third-order valence-electron chi connectivity index (χ3n) is 3.41. The second kappa shape index (κ2) is 5.21. The van der Waals surface area contributed by atoms with E-state index in [-0.39, 0.29) is 12.5 Å². The molecule has 1 aliphatic rings. The van der Waals surface area contributed by atoms with Gasteiger partial charge in [-0.25, -0.2) is 13.2 Å². The second-order valence-corrected chi connectivity index (χ2v) is 4.78. The lowest BCUT2D eigenvalue weighted by molar-refractivity contribution is 0.0753. The Hall–Kier alpha value is -1.56.